The molecule has 48 heavy (non-hydrogen) atoms. The lowest BCUT2D eigenvalue weighted by Crippen LogP contribution is -2.36. The number of hydrogen-bond acceptors (Lipinski definition) is 8. The molecule has 0 saturated heterocycles. The number of rotatable bonds is 11. The van der Waals surface area contributed by atoms with E-state index in [4.69, 9.17) is 11.3 Å². The van der Waals surface area contributed by atoms with Gasteiger partial charge in [-0.25, -0.2) is 35.9 Å². The van der Waals surface area contributed by atoms with Crippen molar-refractivity contribution in [2.75, 3.05) is 35.2 Å². The van der Waals surface area contributed by atoms with Gasteiger partial charge in [-0.2, -0.15) is 0 Å². The lowest BCUT2D eigenvalue weighted by molar-refractivity contribution is 0.255. The molecule has 2 aromatic carbocycles. The van der Waals surface area contributed by atoms with Crippen molar-refractivity contribution < 1.29 is 26.4 Å². The van der Waals surface area contributed by atoms with E-state index in [1.54, 1.807) is 0 Å². The SMILES string of the molecule is NCCCS(=O)(=O)NC(=O)Nc1c2c(cc3c1CCC3)CCC2.[N-]=[N+]=NCCCS(=O)(=O)NC(=O)Nc1c2c(cc3c1CCC3)CCC2. The number of fused-ring (bicyclic) bond motifs is 4. The van der Waals surface area contributed by atoms with Gasteiger partial charge in [-0.1, -0.05) is 17.2 Å². The van der Waals surface area contributed by atoms with Crippen molar-refractivity contribution in [2.45, 2.75) is 89.9 Å². The second-order valence-electron chi connectivity index (χ2n) is 12.7. The van der Waals surface area contributed by atoms with Gasteiger partial charge in [0.2, 0.25) is 20.0 Å². The third-order valence-corrected chi connectivity index (χ3v) is 11.9. The zero-order chi connectivity index (χ0) is 34.3. The summed E-state index contributed by atoms with van der Waals surface area (Å²) in [7, 11) is -7.39. The van der Waals surface area contributed by atoms with Crippen LogP contribution in [0.2, 0.25) is 0 Å². The summed E-state index contributed by atoms with van der Waals surface area (Å²) in [5, 5.41) is 8.89. The molecular formula is C32H44N8O6S2. The van der Waals surface area contributed by atoms with Crippen LogP contribution in [-0.2, 0) is 71.4 Å². The van der Waals surface area contributed by atoms with Crippen LogP contribution in [0, 0.1) is 0 Å². The van der Waals surface area contributed by atoms with Crippen molar-refractivity contribution in [1.82, 2.24) is 9.44 Å². The van der Waals surface area contributed by atoms with Crippen LogP contribution in [0.5, 0.6) is 0 Å². The maximum Gasteiger partial charge on any atom is 0.332 e. The monoisotopic (exact) mass is 700 g/mol. The van der Waals surface area contributed by atoms with Gasteiger partial charge in [0.25, 0.3) is 0 Å². The van der Waals surface area contributed by atoms with Gasteiger partial charge in [0.05, 0.1) is 11.5 Å². The van der Waals surface area contributed by atoms with Gasteiger partial charge >= 0.3 is 12.1 Å². The van der Waals surface area contributed by atoms with Crippen LogP contribution in [0.4, 0.5) is 21.0 Å². The molecule has 0 bridgehead atoms. The van der Waals surface area contributed by atoms with Crippen molar-refractivity contribution in [3.63, 3.8) is 0 Å². The second-order valence-corrected chi connectivity index (χ2v) is 16.4. The van der Waals surface area contributed by atoms with Crippen LogP contribution < -0.4 is 25.8 Å². The number of hydrogen-bond donors (Lipinski definition) is 5. The third kappa shape index (κ3) is 8.78. The maximum atomic E-state index is 12.2. The fourth-order valence-electron chi connectivity index (χ4n) is 7.24. The molecule has 2 aromatic rings. The molecule has 0 fully saturated rings. The summed E-state index contributed by atoms with van der Waals surface area (Å²) in [6.45, 7) is 0.362. The predicted octanol–water partition coefficient (Wildman–Crippen LogP) is 4.28. The van der Waals surface area contributed by atoms with Gasteiger partial charge in [-0.3, -0.25) is 0 Å². The smallest absolute Gasteiger partial charge is 0.330 e. The molecule has 0 aromatic heterocycles. The Labute approximate surface area is 281 Å². The average Bonchev–Trinajstić information content (AvgIpc) is 3.85. The van der Waals surface area contributed by atoms with Crippen molar-refractivity contribution >= 4 is 43.5 Å². The Morgan fingerprint density at radius 3 is 1.40 bits per heavy atom. The summed E-state index contributed by atoms with van der Waals surface area (Å²) < 4.78 is 51.7. The minimum atomic E-state index is -3.75. The van der Waals surface area contributed by atoms with E-state index in [0.29, 0.717) is 6.42 Å². The molecule has 0 saturated carbocycles. The lowest BCUT2D eigenvalue weighted by atomic mass is 9.99. The number of carbonyl (C=O) groups is 2. The molecule has 6 N–H and O–H groups in total. The highest BCUT2D eigenvalue weighted by molar-refractivity contribution is 7.90. The van der Waals surface area contributed by atoms with Crippen LogP contribution >= 0.6 is 0 Å². The summed E-state index contributed by atoms with van der Waals surface area (Å²) >= 11 is 0. The molecule has 4 aliphatic rings. The summed E-state index contributed by atoms with van der Waals surface area (Å²) in [6, 6.07) is 3.13. The van der Waals surface area contributed by atoms with Gasteiger partial charge in [-0.15, -0.1) is 0 Å². The molecular weight excluding hydrogens is 657 g/mol. The highest BCUT2D eigenvalue weighted by Crippen LogP contribution is 2.39. The molecule has 4 aliphatic carbocycles. The van der Waals surface area contributed by atoms with E-state index in [2.05, 4.69) is 42.2 Å². The Hall–Kier alpha value is -3.85. The number of nitrogens with one attached hydrogen (secondary N) is 4. The largest absolute Gasteiger partial charge is 0.332 e. The Morgan fingerprint density at radius 1 is 0.667 bits per heavy atom. The predicted molar refractivity (Wildman–Crippen MR) is 185 cm³/mol. The highest BCUT2D eigenvalue weighted by atomic mass is 32.2. The quantitative estimate of drug-likeness (QED) is 0.0989. The van der Waals surface area contributed by atoms with Crippen molar-refractivity contribution in [3.05, 3.63) is 67.1 Å². The molecule has 260 valence electrons. The number of urea groups is 2. The molecule has 0 unspecified atom stereocenters. The Morgan fingerprint density at radius 2 is 1.04 bits per heavy atom. The molecule has 0 heterocycles. The number of anilines is 2. The first-order chi connectivity index (χ1) is 23.0. The fourth-order valence-corrected chi connectivity index (χ4v) is 9.17. The Kier molecular flexibility index (Phi) is 11.5. The zero-order valence-electron chi connectivity index (χ0n) is 27.1. The molecule has 0 spiro atoms. The van der Waals surface area contributed by atoms with Gasteiger partial charge in [0, 0.05) is 22.8 Å². The molecule has 16 heteroatoms. The standard InChI is InChI=1S/C16H21N5O3S.C16H23N3O3S/c17-21-18-8-3-9-25(23,24)20-16(22)19-15-13-6-1-4-11(13)10-12-5-2-7-14(12)15;17-8-3-9-23(21,22)19-16(20)18-15-13-6-1-4-11(13)10-12-5-2-7-14(12)15/h10H,1-9H2,(H2,19,20,22);10H,1-9,17H2,(H2,18,19,20). The van der Waals surface area contributed by atoms with Crippen LogP contribution in [0.15, 0.2) is 17.2 Å². The van der Waals surface area contributed by atoms with Gasteiger partial charge in [-0.05, 0) is 146 Å². The summed E-state index contributed by atoms with van der Waals surface area (Å²) in [5.41, 5.74) is 25.0. The summed E-state index contributed by atoms with van der Waals surface area (Å²) in [6.07, 6.45) is 12.6. The van der Waals surface area contributed by atoms with E-state index in [-0.39, 0.29) is 31.0 Å². The Bertz CT molecular complexity index is 1770. The van der Waals surface area contributed by atoms with E-state index < -0.39 is 32.1 Å². The van der Waals surface area contributed by atoms with Gasteiger partial charge in [0.1, 0.15) is 0 Å². The average molecular weight is 701 g/mol. The van der Waals surface area contributed by atoms with Gasteiger partial charge < -0.3 is 16.4 Å². The van der Waals surface area contributed by atoms with Crippen LogP contribution in [-0.4, -0.2) is 53.5 Å². The Balaban J connectivity index is 0.000000188. The molecule has 0 radical (unpaired) electrons. The zero-order valence-corrected chi connectivity index (χ0v) is 28.7. The van der Waals surface area contributed by atoms with E-state index in [1.807, 2.05) is 0 Å². The topological polar surface area (TPSA) is 225 Å². The maximum absolute atomic E-state index is 12.2. The van der Waals surface area contributed by atoms with Crippen LogP contribution in [0.1, 0.15) is 83.0 Å². The first-order valence-electron chi connectivity index (χ1n) is 16.7. The highest BCUT2D eigenvalue weighted by Gasteiger charge is 2.27. The van der Waals surface area contributed by atoms with Gasteiger partial charge in [0.15, 0.2) is 0 Å². The molecule has 14 nitrogen and oxygen atoms in total. The number of amides is 4. The van der Waals surface area contributed by atoms with E-state index in [0.717, 1.165) is 99.6 Å². The van der Waals surface area contributed by atoms with Crippen LogP contribution in [0.25, 0.3) is 10.4 Å². The van der Waals surface area contributed by atoms with Crippen molar-refractivity contribution in [1.29, 1.82) is 0 Å². The number of sulfonamides is 2. The third-order valence-electron chi connectivity index (χ3n) is 9.27. The summed E-state index contributed by atoms with van der Waals surface area (Å²) in [4.78, 5) is 27.0. The minimum Gasteiger partial charge on any atom is -0.330 e. The van der Waals surface area contributed by atoms with E-state index in [9.17, 15) is 26.4 Å². The second kappa shape index (κ2) is 15.6. The number of aryl methyl sites for hydroxylation is 4. The molecule has 4 amide bonds. The molecule has 0 atom stereocenters. The number of carbonyl (C=O) groups excluding carboxylic acids is 2. The van der Waals surface area contributed by atoms with Crippen molar-refractivity contribution in [2.24, 2.45) is 10.8 Å². The first-order valence-corrected chi connectivity index (χ1v) is 20.0. The van der Waals surface area contributed by atoms with Crippen LogP contribution in [0.3, 0.4) is 0 Å². The number of azide groups is 1. The fraction of sp³-hybridized carbons (Fsp3) is 0.562. The normalized spacial score (nSPS) is 15.6. The number of benzene rings is 2. The number of nitrogens with zero attached hydrogens (tertiary/aromatic N) is 3. The number of nitrogens with two attached hydrogens (primary N) is 1. The van der Waals surface area contributed by atoms with E-state index in [1.165, 1.54) is 33.4 Å². The minimum absolute atomic E-state index is 0.0821. The first kappa shape index (κ1) is 35.5. The molecule has 6 rings (SSSR count). The van der Waals surface area contributed by atoms with Crippen molar-refractivity contribution in [3.8, 4) is 0 Å². The summed E-state index contributed by atoms with van der Waals surface area (Å²) in [5.74, 6) is -0.396. The van der Waals surface area contributed by atoms with E-state index >= 15 is 0 Å². The molecule has 0 aliphatic heterocycles. The lowest BCUT2D eigenvalue weighted by Gasteiger charge is -2.16.